The lowest BCUT2D eigenvalue weighted by Crippen LogP contribution is -2.34. The molecule has 1 saturated heterocycles. The van der Waals surface area contributed by atoms with Gasteiger partial charge in [0.15, 0.2) is 9.84 Å². The van der Waals surface area contributed by atoms with Crippen LogP contribution in [0.3, 0.4) is 0 Å². The van der Waals surface area contributed by atoms with E-state index in [1.807, 2.05) is 0 Å². The monoisotopic (exact) mass is 288 g/mol. The van der Waals surface area contributed by atoms with E-state index < -0.39 is 9.84 Å². The van der Waals surface area contributed by atoms with Crippen LogP contribution in [0.2, 0.25) is 5.15 Å². The molecule has 2 heterocycles. The number of pyridine rings is 1. The first kappa shape index (κ1) is 13.3. The highest BCUT2D eigenvalue weighted by Crippen LogP contribution is 2.11. The smallest absolute Gasteiger partial charge is 0.272 e. The van der Waals surface area contributed by atoms with Gasteiger partial charge in [-0.2, -0.15) is 0 Å². The van der Waals surface area contributed by atoms with Crippen LogP contribution in [-0.4, -0.2) is 48.8 Å². The summed E-state index contributed by atoms with van der Waals surface area (Å²) in [6, 6.07) is 4.82. The van der Waals surface area contributed by atoms with E-state index in [1.165, 1.54) is 4.90 Å². The van der Waals surface area contributed by atoms with Gasteiger partial charge in [-0.3, -0.25) is 4.79 Å². The highest BCUT2D eigenvalue weighted by Gasteiger charge is 2.23. The molecule has 18 heavy (non-hydrogen) atoms. The summed E-state index contributed by atoms with van der Waals surface area (Å²) in [5.41, 5.74) is 0.252. The van der Waals surface area contributed by atoms with Crippen molar-refractivity contribution >= 4 is 27.3 Å². The fourth-order valence-electron chi connectivity index (χ4n) is 1.83. The molecular weight excluding hydrogens is 276 g/mol. The molecule has 1 amide bonds. The Bertz CT molecular complexity index is 559. The van der Waals surface area contributed by atoms with Crippen molar-refractivity contribution in [3.63, 3.8) is 0 Å². The van der Waals surface area contributed by atoms with E-state index in [-0.39, 0.29) is 34.8 Å². The maximum atomic E-state index is 12.1. The van der Waals surface area contributed by atoms with E-state index in [2.05, 4.69) is 4.98 Å². The van der Waals surface area contributed by atoms with E-state index in [4.69, 9.17) is 11.6 Å². The first-order valence-corrected chi connectivity index (χ1v) is 7.80. The molecule has 0 aromatic carbocycles. The normalized spacial score (nSPS) is 19.3. The Hall–Kier alpha value is -1.14. The summed E-state index contributed by atoms with van der Waals surface area (Å²) in [6.45, 7) is 0.654. The van der Waals surface area contributed by atoms with E-state index >= 15 is 0 Å². The zero-order valence-corrected chi connectivity index (χ0v) is 11.2. The maximum Gasteiger partial charge on any atom is 0.272 e. The van der Waals surface area contributed by atoms with Crippen molar-refractivity contribution in [2.24, 2.45) is 0 Å². The fraction of sp³-hybridized carbons (Fsp3) is 0.455. The Morgan fingerprint density at radius 1 is 1.28 bits per heavy atom. The summed E-state index contributed by atoms with van der Waals surface area (Å²) in [5.74, 6) is -0.117. The van der Waals surface area contributed by atoms with Crippen molar-refractivity contribution in [3.05, 3.63) is 29.0 Å². The lowest BCUT2D eigenvalue weighted by molar-refractivity contribution is 0.0762. The van der Waals surface area contributed by atoms with Gasteiger partial charge in [-0.15, -0.1) is 0 Å². The molecule has 98 valence electrons. The number of carbonyl (C=O) groups excluding carboxylic acids is 1. The van der Waals surface area contributed by atoms with Crippen LogP contribution in [0.15, 0.2) is 18.2 Å². The molecule has 0 radical (unpaired) electrons. The van der Waals surface area contributed by atoms with E-state index in [0.29, 0.717) is 13.0 Å². The second-order valence-corrected chi connectivity index (χ2v) is 6.83. The summed E-state index contributed by atoms with van der Waals surface area (Å²) in [5, 5.41) is 0.253. The Labute approximate surface area is 111 Å². The molecule has 0 spiro atoms. The molecule has 5 nitrogen and oxygen atoms in total. The van der Waals surface area contributed by atoms with Gasteiger partial charge >= 0.3 is 0 Å². The van der Waals surface area contributed by atoms with Gasteiger partial charge in [0, 0.05) is 13.1 Å². The predicted molar refractivity (Wildman–Crippen MR) is 68.4 cm³/mol. The highest BCUT2D eigenvalue weighted by atomic mass is 35.5. The Morgan fingerprint density at radius 3 is 2.78 bits per heavy atom. The van der Waals surface area contributed by atoms with Gasteiger partial charge in [-0.25, -0.2) is 13.4 Å². The minimum atomic E-state index is -3.02. The highest BCUT2D eigenvalue weighted by molar-refractivity contribution is 7.91. The number of nitrogens with zero attached hydrogens (tertiary/aromatic N) is 2. The molecule has 1 fully saturated rings. The van der Waals surface area contributed by atoms with Crippen LogP contribution in [0, 0.1) is 0 Å². The van der Waals surface area contributed by atoms with Crippen LogP contribution in [0.4, 0.5) is 0 Å². The van der Waals surface area contributed by atoms with E-state index in [1.54, 1.807) is 18.2 Å². The Kier molecular flexibility index (Phi) is 3.87. The molecule has 1 aliphatic rings. The lowest BCUT2D eigenvalue weighted by atomic mass is 10.3. The first-order chi connectivity index (χ1) is 8.48. The summed E-state index contributed by atoms with van der Waals surface area (Å²) >= 11 is 5.73. The maximum absolute atomic E-state index is 12.1. The zero-order valence-electron chi connectivity index (χ0n) is 9.67. The predicted octanol–water partition coefficient (Wildman–Crippen LogP) is 0.996. The van der Waals surface area contributed by atoms with E-state index in [9.17, 15) is 13.2 Å². The Balaban J connectivity index is 2.14. The van der Waals surface area contributed by atoms with Gasteiger partial charge in [0.05, 0.1) is 11.5 Å². The number of halogens is 1. The van der Waals surface area contributed by atoms with Crippen molar-refractivity contribution < 1.29 is 13.2 Å². The van der Waals surface area contributed by atoms with Gasteiger partial charge in [0.25, 0.3) is 5.91 Å². The van der Waals surface area contributed by atoms with Gasteiger partial charge in [0.1, 0.15) is 10.8 Å². The number of carbonyl (C=O) groups is 1. The van der Waals surface area contributed by atoms with E-state index in [0.717, 1.165) is 0 Å². The van der Waals surface area contributed by atoms with Crippen LogP contribution in [0.5, 0.6) is 0 Å². The number of aromatic nitrogens is 1. The third kappa shape index (κ3) is 3.20. The number of hydrogen-bond acceptors (Lipinski definition) is 4. The first-order valence-electron chi connectivity index (χ1n) is 5.60. The van der Waals surface area contributed by atoms with Crippen molar-refractivity contribution in [2.75, 3.05) is 24.6 Å². The molecule has 0 bridgehead atoms. The average molecular weight is 289 g/mol. The third-order valence-electron chi connectivity index (χ3n) is 2.78. The third-order valence-corrected chi connectivity index (χ3v) is 4.70. The van der Waals surface area contributed by atoms with Crippen LogP contribution < -0.4 is 0 Å². The second kappa shape index (κ2) is 5.24. The summed E-state index contributed by atoms with van der Waals surface area (Å²) in [7, 11) is -3.02. The summed E-state index contributed by atoms with van der Waals surface area (Å²) in [6.07, 6.45) is 0.467. The molecule has 1 aliphatic heterocycles. The van der Waals surface area contributed by atoms with Crippen molar-refractivity contribution in [2.45, 2.75) is 6.42 Å². The fourth-order valence-corrected chi connectivity index (χ4v) is 3.27. The Morgan fingerprint density at radius 2 is 2.06 bits per heavy atom. The topological polar surface area (TPSA) is 67.3 Å². The molecule has 0 aliphatic carbocycles. The molecule has 1 aromatic heterocycles. The van der Waals surface area contributed by atoms with Crippen LogP contribution in [0.25, 0.3) is 0 Å². The SMILES string of the molecule is O=C(c1cccc(Cl)n1)N1CCCS(=O)(=O)CC1. The summed E-state index contributed by atoms with van der Waals surface area (Å²) in [4.78, 5) is 17.6. The number of rotatable bonds is 1. The quantitative estimate of drug-likeness (QED) is 0.723. The largest absolute Gasteiger partial charge is 0.336 e. The minimum absolute atomic E-state index is 0.0132. The zero-order chi connectivity index (χ0) is 13.2. The van der Waals surface area contributed by atoms with Crippen LogP contribution in [-0.2, 0) is 9.84 Å². The minimum Gasteiger partial charge on any atom is -0.336 e. The van der Waals surface area contributed by atoms with Crippen molar-refractivity contribution in [1.29, 1.82) is 0 Å². The van der Waals surface area contributed by atoms with Gasteiger partial charge in [0.2, 0.25) is 0 Å². The number of hydrogen-bond donors (Lipinski definition) is 0. The number of amides is 1. The molecule has 2 rings (SSSR count). The average Bonchev–Trinajstić information content (AvgIpc) is 2.49. The van der Waals surface area contributed by atoms with Crippen molar-refractivity contribution in [1.82, 2.24) is 9.88 Å². The van der Waals surface area contributed by atoms with Crippen LogP contribution in [0.1, 0.15) is 16.9 Å². The standard InChI is InChI=1S/C11H13ClN2O3S/c12-10-4-1-3-9(13-10)11(15)14-5-2-7-18(16,17)8-6-14/h1,3-4H,2,5-8H2. The molecule has 0 atom stereocenters. The van der Waals surface area contributed by atoms with Gasteiger partial charge in [-0.05, 0) is 18.6 Å². The second-order valence-electron chi connectivity index (χ2n) is 4.14. The molecule has 0 saturated carbocycles. The molecular formula is C11H13ClN2O3S. The summed E-state index contributed by atoms with van der Waals surface area (Å²) < 4.78 is 22.9. The number of sulfone groups is 1. The molecule has 0 N–H and O–H groups in total. The van der Waals surface area contributed by atoms with Crippen LogP contribution >= 0.6 is 11.6 Å². The van der Waals surface area contributed by atoms with Gasteiger partial charge < -0.3 is 4.90 Å². The molecule has 1 aromatic rings. The van der Waals surface area contributed by atoms with Crippen molar-refractivity contribution in [3.8, 4) is 0 Å². The lowest BCUT2D eigenvalue weighted by Gasteiger charge is -2.19. The molecule has 7 heteroatoms. The molecule has 0 unspecified atom stereocenters. The van der Waals surface area contributed by atoms with Gasteiger partial charge in [-0.1, -0.05) is 17.7 Å².